The van der Waals surface area contributed by atoms with Crippen molar-refractivity contribution < 1.29 is 9.47 Å². The van der Waals surface area contributed by atoms with Gasteiger partial charge >= 0.3 is 0 Å². The molecule has 1 unspecified atom stereocenters. The summed E-state index contributed by atoms with van der Waals surface area (Å²) in [6.07, 6.45) is 11.0. The van der Waals surface area contributed by atoms with Crippen LogP contribution in [0.15, 0.2) is 30.3 Å². The lowest BCUT2D eigenvalue weighted by atomic mass is 9.83. The Bertz CT molecular complexity index is 429. The summed E-state index contributed by atoms with van der Waals surface area (Å²) in [4.78, 5) is 0. The first-order valence-corrected chi connectivity index (χ1v) is 11.2. The zero-order valence-corrected chi connectivity index (χ0v) is 17.9. The molecule has 0 fully saturated rings. The van der Waals surface area contributed by atoms with Crippen LogP contribution in [0, 0.1) is 5.92 Å². The highest BCUT2D eigenvalue weighted by atomic mass is 35.5. The molecule has 3 heteroatoms. The molecule has 1 atom stereocenters. The molecule has 0 saturated carbocycles. The molecule has 0 spiro atoms. The van der Waals surface area contributed by atoms with E-state index in [2.05, 4.69) is 45.0 Å². The van der Waals surface area contributed by atoms with Gasteiger partial charge in [0.15, 0.2) is 5.79 Å². The molecule has 1 aromatic carbocycles. The third-order valence-electron chi connectivity index (χ3n) is 5.02. The highest BCUT2D eigenvalue weighted by Crippen LogP contribution is 2.41. The number of hydrogen-bond acceptors (Lipinski definition) is 2. The van der Waals surface area contributed by atoms with Gasteiger partial charge in [-0.25, -0.2) is 0 Å². The molecule has 0 radical (unpaired) electrons. The molecular formula is C23H39ClO2. The van der Waals surface area contributed by atoms with Crippen LogP contribution in [0.1, 0.15) is 84.1 Å². The summed E-state index contributed by atoms with van der Waals surface area (Å²) < 4.78 is 12.7. The maximum atomic E-state index is 6.35. The number of rotatable bonds is 16. The second-order valence-corrected chi connectivity index (χ2v) is 7.36. The second kappa shape index (κ2) is 14.5. The Kier molecular flexibility index (Phi) is 13.1. The van der Waals surface area contributed by atoms with E-state index in [1.807, 2.05) is 6.07 Å². The van der Waals surface area contributed by atoms with Gasteiger partial charge in [-0.15, -0.1) is 11.6 Å². The van der Waals surface area contributed by atoms with Gasteiger partial charge in [-0.05, 0) is 33.1 Å². The van der Waals surface area contributed by atoms with Gasteiger partial charge in [0.1, 0.15) is 0 Å². The van der Waals surface area contributed by atoms with Crippen LogP contribution in [-0.2, 0) is 15.3 Å². The molecule has 0 aliphatic carbocycles. The molecule has 0 aromatic heterocycles. The van der Waals surface area contributed by atoms with Gasteiger partial charge in [-0.1, -0.05) is 75.8 Å². The van der Waals surface area contributed by atoms with Gasteiger partial charge in [0, 0.05) is 30.6 Å². The summed E-state index contributed by atoms with van der Waals surface area (Å²) in [5.74, 6) is 0.367. The highest BCUT2D eigenvalue weighted by molar-refractivity contribution is 6.17. The number of benzene rings is 1. The number of unbranched alkanes of at least 4 members (excludes halogenated alkanes) is 5. The van der Waals surface area contributed by atoms with Crippen molar-refractivity contribution in [3.8, 4) is 0 Å². The lowest BCUT2D eigenvalue weighted by molar-refractivity contribution is -0.277. The van der Waals surface area contributed by atoms with Crippen LogP contribution < -0.4 is 0 Å². The largest absolute Gasteiger partial charge is 0.346 e. The Morgan fingerprint density at radius 2 is 1.38 bits per heavy atom. The van der Waals surface area contributed by atoms with Crippen LogP contribution in [0.5, 0.6) is 0 Å². The van der Waals surface area contributed by atoms with Gasteiger partial charge in [0.2, 0.25) is 0 Å². The van der Waals surface area contributed by atoms with E-state index in [0.717, 1.165) is 24.8 Å². The van der Waals surface area contributed by atoms with E-state index in [9.17, 15) is 0 Å². The van der Waals surface area contributed by atoms with E-state index in [-0.39, 0.29) is 0 Å². The van der Waals surface area contributed by atoms with Gasteiger partial charge < -0.3 is 9.47 Å². The molecule has 0 amide bonds. The fourth-order valence-electron chi connectivity index (χ4n) is 3.80. The van der Waals surface area contributed by atoms with Crippen LogP contribution in [-0.4, -0.2) is 19.1 Å². The Hall–Kier alpha value is -0.570. The summed E-state index contributed by atoms with van der Waals surface area (Å²) in [5, 5.41) is 0. The first-order chi connectivity index (χ1) is 12.7. The van der Waals surface area contributed by atoms with E-state index >= 15 is 0 Å². The number of ether oxygens (including phenoxy) is 2. The van der Waals surface area contributed by atoms with Crippen LogP contribution in [0.3, 0.4) is 0 Å². The van der Waals surface area contributed by atoms with E-state index in [1.54, 1.807) is 0 Å². The summed E-state index contributed by atoms with van der Waals surface area (Å²) in [7, 11) is 0. The molecule has 26 heavy (non-hydrogen) atoms. The summed E-state index contributed by atoms with van der Waals surface area (Å²) in [6.45, 7) is 7.66. The lowest BCUT2D eigenvalue weighted by Gasteiger charge is -2.41. The minimum absolute atomic E-state index is 0.328. The Labute approximate surface area is 166 Å². The molecule has 0 bridgehead atoms. The number of halogens is 1. The molecule has 2 nitrogen and oxygen atoms in total. The van der Waals surface area contributed by atoms with Gasteiger partial charge in [0.05, 0.1) is 0 Å². The Balaban J connectivity index is 2.92. The van der Waals surface area contributed by atoms with E-state index in [4.69, 9.17) is 21.1 Å². The molecular weight excluding hydrogens is 344 g/mol. The second-order valence-electron chi connectivity index (χ2n) is 6.98. The van der Waals surface area contributed by atoms with E-state index < -0.39 is 5.79 Å². The van der Waals surface area contributed by atoms with E-state index in [1.165, 1.54) is 38.5 Å². The van der Waals surface area contributed by atoms with Crippen molar-refractivity contribution in [1.29, 1.82) is 0 Å². The number of alkyl halides is 1. The molecule has 0 N–H and O–H groups in total. The summed E-state index contributed by atoms with van der Waals surface area (Å²) in [6, 6.07) is 10.5. The van der Waals surface area contributed by atoms with Gasteiger partial charge in [-0.2, -0.15) is 0 Å². The van der Waals surface area contributed by atoms with E-state index in [0.29, 0.717) is 25.0 Å². The maximum Gasteiger partial charge on any atom is 0.197 e. The quantitative estimate of drug-likeness (QED) is 0.169. The first kappa shape index (κ1) is 23.5. The minimum atomic E-state index is -0.653. The molecule has 0 aliphatic heterocycles. The van der Waals surface area contributed by atoms with Crippen LogP contribution in [0.2, 0.25) is 0 Å². The Morgan fingerprint density at radius 3 is 1.96 bits per heavy atom. The summed E-state index contributed by atoms with van der Waals surface area (Å²) in [5.41, 5.74) is 1.13. The topological polar surface area (TPSA) is 18.5 Å². The summed E-state index contributed by atoms with van der Waals surface area (Å²) >= 11 is 6.03. The predicted octanol–water partition coefficient (Wildman–Crippen LogP) is 7.30. The zero-order chi connectivity index (χ0) is 19.1. The average Bonchev–Trinajstić information content (AvgIpc) is 2.67. The molecule has 150 valence electrons. The van der Waals surface area contributed by atoms with Gasteiger partial charge in [-0.3, -0.25) is 0 Å². The highest BCUT2D eigenvalue weighted by Gasteiger charge is 2.41. The zero-order valence-electron chi connectivity index (χ0n) is 17.1. The fourth-order valence-corrected chi connectivity index (χ4v) is 3.95. The van der Waals surface area contributed by atoms with Crippen molar-refractivity contribution in [3.05, 3.63) is 35.9 Å². The number of hydrogen-bond donors (Lipinski definition) is 0. The molecule has 1 aromatic rings. The van der Waals surface area contributed by atoms with Crippen LogP contribution >= 0.6 is 11.6 Å². The van der Waals surface area contributed by atoms with Gasteiger partial charge in [0.25, 0.3) is 0 Å². The smallest absolute Gasteiger partial charge is 0.197 e. The predicted molar refractivity (Wildman–Crippen MR) is 113 cm³/mol. The Morgan fingerprint density at radius 1 is 0.808 bits per heavy atom. The molecule has 0 saturated heterocycles. The van der Waals surface area contributed by atoms with Crippen LogP contribution in [0.4, 0.5) is 0 Å². The monoisotopic (exact) mass is 382 g/mol. The van der Waals surface area contributed by atoms with Crippen molar-refractivity contribution in [1.82, 2.24) is 0 Å². The standard InChI is InChI=1S/C23H39ClO2/c1-4-7-8-9-10-12-16-22(19-15-20-24)23(25-5-2,26-6-3)21-17-13-11-14-18-21/h11,13-14,17-18,22H,4-10,12,15-16,19-20H2,1-3H3. The third kappa shape index (κ3) is 7.58. The molecule has 1 rings (SSSR count). The first-order valence-electron chi connectivity index (χ1n) is 10.6. The molecule has 0 aliphatic rings. The van der Waals surface area contributed by atoms with Crippen molar-refractivity contribution in [2.45, 2.75) is 84.3 Å². The minimum Gasteiger partial charge on any atom is -0.346 e. The van der Waals surface area contributed by atoms with Crippen molar-refractivity contribution >= 4 is 11.6 Å². The van der Waals surface area contributed by atoms with Crippen molar-refractivity contribution in [2.75, 3.05) is 19.1 Å². The van der Waals surface area contributed by atoms with Crippen molar-refractivity contribution in [3.63, 3.8) is 0 Å². The lowest BCUT2D eigenvalue weighted by Crippen LogP contribution is -2.41. The fraction of sp³-hybridized carbons (Fsp3) is 0.739. The molecule has 0 heterocycles. The average molecular weight is 383 g/mol. The SMILES string of the molecule is CCCCCCCCC(CCCCl)C(OCC)(OCC)c1ccccc1. The van der Waals surface area contributed by atoms with Crippen molar-refractivity contribution in [2.24, 2.45) is 5.92 Å². The maximum absolute atomic E-state index is 6.35. The normalized spacial score (nSPS) is 13.1. The third-order valence-corrected chi connectivity index (χ3v) is 5.29. The van der Waals surface area contributed by atoms with Crippen LogP contribution in [0.25, 0.3) is 0 Å².